The van der Waals surface area contributed by atoms with Crippen molar-refractivity contribution in [2.45, 2.75) is 19.4 Å². The van der Waals surface area contributed by atoms with Gasteiger partial charge in [0.15, 0.2) is 11.5 Å². The van der Waals surface area contributed by atoms with Crippen molar-refractivity contribution < 1.29 is 14.3 Å². The first-order chi connectivity index (χ1) is 10.2. The first-order valence-corrected chi connectivity index (χ1v) is 7.89. The van der Waals surface area contributed by atoms with Gasteiger partial charge >= 0.3 is 0 Å². The molecular formula is C16H15NO3S. The van der Waals surface area contributed by atoms with Gasteiger partial charge in [-0.25, -0.2) is 0 Å². The second kappa shape index (κ2) is 4.77. The molecule has 1 aromatic heterocycles. The molecule has 0 saturated heterocycles. The van der Waals surface area contributed by atoms with Gasteiger partial charge in [-0.1, -0.05) is 6.07 Å². The zero-order valence-corrected chi connectivity index (χ0v) is 12.5. The molecule has 108 valence electrons. The van der Waals surface area contributed by atoms with Gasteiger partial charge in [-0.15, -0.1) is 11.3 Å². The van der Waals surface area contributed by atoms with Crippen LogP contribution in [0, 0.1) is 0 Å². The Morgan fingerprint density at radius 1 is 1.33 bits per heavy atom. The van der Waals surface area contributed by atoms with Gasteiger partial charge in [0.05, 0.1) is 10.9 Å². The molecule has 0 bridgehead atoms. The number of rotatable bonds is 1. The molecule has 21 heavy (non-hydrogen) atoms. The SMILES string of the molecule is CC1c2cc3c(cc2CCN1C(=O)c1cccs1)OCO3. The standard InChI is InChI=1S/C16H15NO3S/c1-10-12-8-14-13(19-9-20-14)7-11(12)4-5-17(10)16(18)15-3-2-6-21-15/h2-3,6-8,10H,4-5,9H2,1H3. The number of hydrogen-bond donors (Lipinski definition) is 0. The van der Waals surface area contributed by atoms with Crippen LogP contribution in [0.4, 0.5) is 0 Å². The van der Waals surface area contributed by atoms with E-state index in [-0.39, 0.29) is 18.7 Å². The maximum atomic E-state index is 12.6. The van der Waals surface area contributed by atoms with Crippen LogP contribution in [0.25, 0.3) is 0 Å². The Labute approximate surface area is 126 Å². The van der Waals surface area contributed by atoms with Crippen molar-refractivity contribution in [2.24, 2.45) is 0 Å². The van der Waals surface area contributed by atoms with Gasteiger partial charge in [-0.3, -0.25) is 4.79 Å². The maximum absolute atomic E-state index is 12.6. The van der Waals surface area contributed by atoms with Crippen LogP contribution < -0.4 is 9.47 Å². The van der Waals surface area contributed by atoms with E-state index in [1.807, 2.05) is 28.5 Å². The molecule has 2 aliphatic rings. The first-order valence-electron chi connectivity index (χ1n) is 7.01. The number of benzene rings is 1. The maximum Gasteiger partial charge on any atom is 0.264 e. The molecule has 0 aliphatic carbocycles. The summed E-state index contributed by atoms with van der Waals surface area (Å²) in [5.41, 5.74) is 2.41. The van der Waals surface area contributed by atoms with Crippen LogP contribution >= 0.6 is 11.3 Å². The van der Waals surface area contributed by atoms with E-state index in [0.717, 1.165) is 34.9 Å². The number of amides is 1. The number of ether oxygens (including phenoxy) is 2. The summed E-state index contributed by atoms with van der Waals surface area (Å²) in [6.07, 6.45) is 0.855. The minimum absolute atomic E-state index is 0.0536. The van der Waals surface area contributed by atoms with E-state index >= 15 is 0 Å². The molecule has 0 N–H and O–H groups in total. The molecule has 0 spiro atoms. The third kappa shape index (κ3) is 2.00. The zero-order chi connectivity index (χ0) is 14.4. The van der Waals surface area contributed by atoms with Crippen molar-refractivity contribution in [3.63, 3.8) is 0 Å². The van der Waals surface area contributed by atoms with Crippen molar-refractivity contribution in [1.82, 2.24) is 4.90 Å². The van der Waals surface area contributed by atoms with Crippen LogP contribution in [-0.4, -0.2) is 24.1 Å². The Hall–Kier alpha value is -2.01. The summed E-state index contributed by atoms with van der Waals surface area (Å²) in [7, 11) is 0. The number of fused-ring (bicyclic) bond motifs is 2. The van der Waals surface area contributed by atoms with Crippen LogP contribution in [0.2, 0.25) is 0 Å². The van der Waals surface area contributed by atoms with Gasteiger partial charge in [0.1, 0.15) is 0 Å². The van der Waals surface area contributed by atoms with Gasteiger partial charge < -0.3 is 14.4 Å². The highest BCUT2D eigenvalue weighted by molar-refractivity contribution is 7.12. The molecule has 2 aromatic rings. The lowest BCUT2D eigenvalue weighted by Gasteiger charge is -2.35. The first kappa shape index (κ1) is 12.7. The summed E-state index contributed by atoms with van der Waals surface area (Å²) in [6, 6.07) is 7.93. The van der Waals surface area contributed by atoms with Crippen molar-refractivity contribution in [2.75, 3.05) is 13.3 Å². The quantitative estimate of drug-likeness (QED) is 0.811. The molecule has 1 amide bonds. The molecule has 4 rings (SSSR count). The minimum atomic E-state index is 0.0536. The zero-order valence-electron chi connectivity index (χ0n) is 11.7. The second-order valence-corrected chi connectivity index (χ2v) is 6.25. The number of nitrogens with zero attached hydrogens (tertiary/aromatic N) is 1. The van der Waals surface area contributed by atoms with Crippen LogP contribution in [0.15, 0.2) is 29.6 Å². The van der Waals surface area contributed by atoms with E-state index in [1.165, 1.54) is 16.9 Å². The fourth-order valence-electron chi connectivity index (χ4n) is 3.03. The van der Waals surface area contributed by atoms with Crippen LogP contribution in [0.5, 0.6) is 11.5 Å². The molecule has 0 saturated carbocycles. The molecule has 0 fully saturated rings. The normalized spacial score (nSPS) is 19.5. The van der Waals surface area contributed by atoms with Crippen LogP contribution in [0.1, 0.15) is 33.8 Å². The van der Waals surface area contributed by atoms with Gasteiger partial charge in [0, 0.05) is 6.54 Å². The summed E-state index contributed by atoms with van der Waals surface area (Å²) in [6.45, 7) is 3.10. The second-order valence-electron chi connectivity index (χ2n) is 5.31. The van der Waals surface area contributed by atoms with E-state index in [0.29, 0.717) is 0 Å². The monoisotopic (exact) mass is 301 g/mol. The summed E-state index contributed by atoms with van der Waals surface area (Å²) < 4.78 is 10.9. The van der Waals surface area contributed by atoms with Gasteiger partial charge in [-0.05, 0) is 48.1 Å². The molecule has 1 aromatic carbocycles. The summed E-state index contributed by atoms with van der Waals surface area (Å²) in [5.74, 6) is 1.71. The molecule has 1 atom stereocenters. The molecule has 5 heteroatoms. The lowest BCUT2D eigenvalue weighted by Crippen LogP contribution is -2.38. The van der Waals surface area contributed by atoms with Crippen molar-refractivity contribution in [3.8, 4) is 11.5 Å². The average Bonchev–Trinajstić information content (AvgIpc) is 3.16. The van der Waals surface area contributed by atoms with E-state index in [1.54, 1.807) is 0 Å². The molecule has 3 heterocycles. The largest absolute Gasteiger partial charge is 0.454 e. The number of hydrogen-bond acceptors (Lipinski definition) is 4. The Kier molecular flexibility index (Phi) is 2.89. The Morgan fingerprint density at radius 3 is 2.90 bits per heavy atom. The molecule has 2 aliphatic heterocycles. The Morgan fingerprint density at radius 2 is 2.14 bits per heavy atom. The van der Waals surface area contributed by atoms with E-state index in [9.17, 15) is 4.79 Å². The Balaban J connectivity index is 1.68. The Bertz CT molecular complexity index is 696. The lowest BCUT2D eigenvalue weighted by atomic mass is 9.92. The van der Waals surface area contributed by atoms with Crippen LogP contribution in [-0.2, 0) is 6.42 Å². The van der Waals surface area contributed by atoms with Crippen molar-refractivity contribution >= 4 is 17.2 Å². The third-order valence-electron chi connectivity index (χ3n) is 4.17. The molecule has 4 nitrogen and oxygen atoms in total. The minimum Gasteiger partial charge on any atom is -0.454 e. The lowest BCUT2D eigenvalue weighted by molar-refractivity contribution is 0.0682. The molecule has 1 unspecified atom stereocenters. The van der Waals surface area contributed by atoms with Crippen molar-refractivity contribution in [3.05, 3.63) is 45.6 Å². The predicted octanol–water partition coefficient (Wildman–Crippen LogP) is 3.24. The smallest absolute Gasteiger partial charge is 0.264 e. The summed E-state index contributed by atoms with van der Waals surface area (Å²) in [4.78, 5) is 15.3. The average molecular weight is 301 g/mol. The summed E-state index contributed by atoms with van der Waals surface area (Å²) >= 11 is 1.49. The number of carbonyl (C=O) groups is 1. The van der Waals surface area contributed by atoms with Gasteiger partial charge in [0.2, 0.25) is 6.79 Å². The van der Waals surface area contributed by atoms with Crippen LogP contribution in [0.3, 0.4) is 0 Å². The van der Waals surface area contributed by atoms with Crippen molar-refractivity contribution in [1.29, 1.82) is 0 Å². The molecular weight excluding hydrogens is 286 g/mol. The topological polar surface area (TPSA) is 38.8 Å². The summed E-state index contributed by atoms with van der Waals surface area (Å²) in [5, 5.41) is 1.94. The highest BCUT2D eigenvalue weighted by atomic mass is 32.1. The van der Waals surface area contributed by atoms with E-state index in [2.05, 4.69) is 13.0 Å². The number of carbonyl (C=O) groups excluding carboxylic acids is 1. The third-order valence-corrected chi connectivity index (χ3v) is 5.02. The van der Waals surface area contributed by atoms with E-state index in [4.69, 9.17) is 9.47 Å². The fraction of sp³-hybridized carbons (Fsp3) is 0.312. The highest BCUT2D eigenvalue weighted by Gasteiger charge is 2.30. The predicted molar refractivity (Wildman–Crippen MR) is 80.0 cm³/mol. The van der Waals surface area contributed by atoms with Gasteiger partial charge in [-0.2, -0.15) is 0 Å². The number of thiophene rings is 1. The molecule has 0 radical (unpaired) electrons. The van der Waals surface area contributed by atoms with E-state index < -0.39 is 0 Å². The van der Waals surface area contributed by atoms with Gasteiger partial charge in [0.25, 0.3) is 5.91 Å². The fourth-order valence-corrected chi connectivity index (χ4v) is 3.71. The highest BCUT2D eigenvalue weighted by Crippen LogP contribution is 2.40.